The van der Waals surface area contributed by atoms with Gasteiger partial charge in [0, 0.05) is 18.6 Å². The minimum Gasteiger partial charge on any atom is -0.368 e. The van der Waals surface area contributed by atoms with Gasteiger partial charge in [-0.1, -0.05) is 42.0 Å². The van der Waals surface area contributed by atoms with Gasteiger partial charge in [-0.25, -0.2) is 0 Å². The first-order valence-corrected chi connectivity index (χ1v) is 8.54. The third-order valence-corrected chi connectivity index (χ3v) is 5.03. The number of methoxy groups -OCH3 is 1. The lowest BCUT2D eigenvalue weighted by atomic mass is 9.85. The number of hydrogen-bond acceptors (Lipinski definition) is 5. The fraction of sp³-hybridized carbons (Fsp3) is 0.579. The predicted octanol–water partition coefficient (Wildman–Crippen LogP) is 2.82. The molecule has 24 heavy (non-hydrogen) atoms. The second-order valence-corrected chi connectivity index (χ2v) is 6.68. The normalized spacial score (nSPS) is 39.3. The Morgan fingerprint density at radius 3 is 2.67 bits per heavy atom. The topological polar surface area (TPSA) is 46.2 Å². The summed E-state index contributed by atoms with van der Waals surface area (Å²) < 4.78 is 29.9. The van der Waals surface area contributed by atoms with E-state index in [-0.39, 0.29) is 36.8 Å². The minimum absolute atomic E-state index is 0.0671. The quantitative estimate of drug-likeness (QED) is 0.780. The van der Waals surface area contributed by atoms with Crippen LogP contribution in [-0.4, -0.2) is 44.9 Å². The van der Waals surface area contributed by atoms with Crippen molar-refractivity contribution in [1.29, 1.82) is 0 Å². The van der Waals surface area contributed by atoms with Crippen molar-refractivity contribution in [3.63, 3.8) is 0 Å². The predicted molar refractivity (Wildman–Crippen MR) is 87.3 cm³/mol. The smallest absolute Gasteiger partial charge is 0.184 e. The molecule has 0 aliphatic carbocycles. The molecule has 0 aromatic heterocycles. The first kappa shape index (κ1) is 16.2. The van der Waals surface area contributed by atoms with Crippen molar-refractivity contribution in [2.75, 3.05) is 20.3 Å². The molecule has 3 aliphatic heterocycles. The summed E-state index contributed by atoms with van der Waals surface area (Å²) >= 11 is 0. The van der Waals surface area contributed by atoms with E-state index < -0.39 is 0 Å². The maximum atomic E-state index is 6.32. The Labute approximate surface area is 142 Å². The van der Waals surface area contributed by atoms with Gasteiger partial charge in [-0.05, 0) is 13.3 Å². The average molecular weight is 332 g/mol. The molecule has 3 heterocycles. The van der Waals surface area contributed by atoms with Gasteiger partial charge in [-0.15, -0.1) is 0 Å². The highest BCUT2D eigenvalue weighted by Crippen LogP contribution is 2.40. The molecule has 0 saturated carbocycles. The van der Waals surface area contributed by atoms with Crippen LogP contribution in [0.4, 0.5) is 0 Å². The summed E-state index contributed by atoms with van der Waals surface area (Å²) in [4.78, 5) is 0. The van der Waals surface area contributed by atoms with E-state index >= 15 is 0 Å². The molecular weight excluding hydrogens is 308 g/mol. The number of hydrogen-bond donors (Lipinski definition) is 0. The molecular formula is C19H24O5. The molecule has 3 aliphatic rings. The second-order valence-electron chi connectivity index (χ2n) is 6.68. The molecule has 0 amide bonds. The Bertz CT molecular complexity index is 587. The van der Waals surface area contributed by atoms with Crippen LogP contribution in [0, 0.1) is 5.92 Å². The van der Waals surface area contributed by atoms with Gasteiger partial charge >= 0.3 is 0 Å². The molecule has 130 valence electrons. The average Bonchev–Trinajstić information content (AvgIpc) is 2.83. The van der Waals surface area contributed by atoms with Crippen LogP contribution >= 0.6 is 0 Å². The number of benzene rings is 1. The fourth-order valence-corrected chi connectivity index (χ4v) is 3.75. The summed E-state index contributed by atoms with van der Waals surface area (Å²) in [5.41, 5.74) is 2.27. The molecule has 4 rings (SSSR count). The Kier molecular flexibility index (Phi) is 4.70. The van der Waals surface area contributed by atoms with Gasteiger partial charge in [0.2, 0.25) is 0 Å². The molecule has 0 radical (unpaired) electrons. The first-order valence-electron chi connectivity index (χ1n) is 8.54. The maximum Gasteiger partial charge on any atom is 0.184 e. The van der Waals surface area contributed by atoms with Crippen molar-refractivity contribution < 1.29 is 23.7 Å². The van der Waals surface area contributed by atoms with Crippen molar-refractivity contribution >= 4 is 0 Å². The van der Waals surface area contributed by atoms with Crippen LogP contribution in [0.15, 0.2) is 42.0 Å². The van der Waals surface area contributed by atoms with Crippen LogP contribution in [0.3, 0.4) is 0 Å². The first-order chi connectivity index (χ1) is 11.8. The van der Waals surface area contributed by atoms with E-state index in [4.69, 9.17) is 23.7 Å². The van der Waals surface area contributed by atoms with Crippen molar-refractivity contribution in [3.05, 3.63) is 47.5 Å². The summed E-state index contributed by atoms with van der Waals surface area (Å²) in [6.07, 6.45) is 2.09. The fourth-order valence-electron chi connectivity index (χ4n) is 3.75. The van der Waals surface area contributed by atoms with Crippen molar-refractivity contribution in [3.8, 4) is 0 Å². The molecule has 2 fully saturated rings. The highest BCUT2D eigenvalue weighted by molar-refractivity contribution is 5.17. The number of fused-ring (bicyclic) bond motifs is 3. The minimum atomic E-state index is -0.379. The third kappa shape index (κ3) is 3.03. The highest BCUT2D eigenvalue weighted by Gasteiger charge is 2.50. The van der Waals surface area contributed by atoms with Crippen LogP contribution in [0.1, 0.15) is 25.2 Å². The van der Waals surface area contributed by atoms with Crippen LogP contribution in [0.2, 0.25) is 0 Å². The molecule has 1 aromatic rings. The lowest BCUT2D eigenvalue weighted by Gasteiger charge is -2.48. The van der Waals surface area contributed by atoms with E-state index in [2.05, 4.69) is 13.0 Å². The second kappa shape index (κ2) is 6.94. The van der Waals surface area contributed by atoms with Gasteiger partial charge in [0.1, 0.15) is 12.2 Å². The van der Waals surface area contributed by atoms with Crippen LogP contribution in [-0.2, 0) is 23.7 Å². The molecule has 6 atom stereocenters. The summed E-state index contributed by atoms with van der Waals surface area (Å²) in [6.45, 7) is 3.20. The molecule has 0 unspecified atom stereocenters. The van der Waals surface area contributed by atoms with Gasteiger partial charge in [0.05, 0.1) is 19.3 Å². The van der Waals surface area contributed by atoms with E-state index in [1.165, 1.54) is 5.57 Å². The summed E-state index contributed by atoms with van der Waals surface area (Å²) in [5, 5.41) is 0. The lowest BCUT2D eigenvalue weighted by molar-refractivity contribution is -0.353. The third-order valence-electron chi connectivity index (χ3n) is 5.03. The van der Waals surface area contributed by atoms with Crippen LogP contribution in [0.25, 0.3) is 0 Å². The van der Waals surface area contributed by atoms with Gasteiger partial charge in [0.15, 0.2) is 12.6 Å². The zero-order chi connectivity index (χ0) is 16.5. The zero-order valence-corrected chi connectivity index (χ0v) is 14.1. The van der Waals surface area contributed by atoms with Gasteiger partial charge in [-0.2, -0.15) is 0 Å². The lowest BCUT2D eigenvalue weighted by Crippen LogP contribution is -2.59. The Balaban J connectivity index is 1.58. The number of rotatable bonds is 2. The molecule has 1 aromatic carbocycles. The Hall–Kier alpha value is -1.24. The molecule has 0 bridgehead atoms. The van der Waals surface area contributed by atoms with Crippen LogP contribution in [0.5, 0.6) is 0 Å². The molecule has 5 nitrogen and oxygen atoms in total. The maximum absolute atomic E-state index is 6.32. The van der Waals surface area contributed by atoms with Crippen LogP contribution < -0.4 is 0 Å². The summed E-state index contributed by atoms with van der Waals surface area (Å²) in [6, 6.07) is 10.0. The Morgan fingerprint density at radius 1 is 1.04 bits per heavy atom. The van der Waals surface area contributed by atoms with E-state index in [0.717, 1.165) is 12.0 Å². The van der Waals surface area contributed by atoms with Crippen molar-refractivity contribution in [1.82, 2.24) is 0 Å². The van der Waals surface area contributed by atoms with Gasteiger partial charge in [-0.3, -0.25) is 0 Å². The summed E-state index contributed by atoms with van der Waals surface area (Å²) in [5.74, 6) is 0.196. The van der Waals surface area contributed by atoms with E-state index in [0.29, 0.717) is 13.2 Å². The van der Waals surface area contributed by atoms with E-state index in [9.17, 15) is 0 Å². The van der Waals surface area contributed by atoms with Gasteiger partial charge in [0.25, 0.3) is 0 Å². The number of ether oxygens (including phenoxy) is 5. The Morgan fingerprint density at radius 2 is 1.88 bits per heavy atom. The molecule has 5 heteroatoms. The number of allylic oxidation sites excluding steroid dienone is 1. The standard InChI is InChI=1S/C19H24O5/c1-12-8-9-14-16-15(23-19(20-2)17(14)21-10-12)11-22-18(24-16)13-6-4-3-5-7-13/h3-8,14-19H,9-11H2,1-2H3/t14-,15+,16-,17+,18+,19-/m0/s1. The van der Waals surface area contributed by atoms with Crippen molar-refractivity contribution in [2.24, 2.45) is 5.92 Å². The molecule has 2 saturated heterocycles. The zero-order valence-electron chi connectivity index (χ0n) is 14.1. The highest BCUT2D eigenvalue weighted by atomic mass is 16.7. The SMILES string of the molecule is CO[C@H]1O[C@@H]2CO[C@@H](c3ccccc3)O[C@H]2[C@@H]2CC=C(C)CO[C@@H]12. The van der Waals surface area contributed by atoms with Crippen molar-refractivity contribution in [2.45, 2.75) is 44.2 Å². The van der Waals surface area contributed by atoms with E-state index in [1.54, 1.807) is 7.11 Å². The monoisotopic (exact) mass is 332 g/mol. The molecule has 0 spiro atoms. The largest absolute Gasteiger partial charge is 0.368 e. The molecule has 0 N–H and O–H groups in total. The van der Waals surface area contributed by atoms with E-state index in [1.807, 2.05) is 30.3 Å². The summed E-state index contributed by atoms with van der Waals surface area (Å²) in [7, 11) is 1.66. The van der Waals surface area contributed by atoms with Gasteiger partial charge < -0.3 is 23.7 Å².